The van der Waals surface area contributed by atoms with E-state index in [1.54, 1.807) is 37.4 Å². The Hall–Kier alpha value is -2.48. The van der Waals surface area contributed by atoms with Gasteiger partial charge in [0, 0.05) is 22.5 Å². The number of nitrogens with one attached hydrogen (secondary N) is 1. The summed E-state index contributed by atoms with van der Waals surface area (Å²) in [4.78, 5) is 9.89. The Morgan fingerprint density at radius 2 is 1.81 bits per heavy atom. The molecule has 0 aliphatic rings. The van der Waals surface area contributed by atoms with Gasteiger partial charge in [0.1, 0.15) is 15.4 Å². The molecule has 0 radical (unpaired) electrons. The Balaban J connectivity index is 1.61. The number of thiazole rings is 1. The number of anilines is 1. The van der Waals surface area contributed by atoms with Crippen molar-refractivity contribution >= 4 is 49.0 Å². The van der Waals surface area contributed by atoms with Crippen molar-refractivity contribution in [2.45, 2.75) is 11.8 Å². The van der Waals surface area contributed by atoms with E-state index in [-0.39, 0.29) is 4.90 Å². The summed E-state index contributed by atoms with van der Waals surface area (Å²) in [6, 6.07) is 15.7. The van der Waals surface area contributed by atoms with Crippen LogP contribution in [-0.2, 0) is 10.0 Å². The van der Waals surface area contributed by atoms with Gasteiger partial charge in [0.2, 0.25) is 0 Å². The third kappa shape index (κ3) is 3.53. The van der Waals surface area contributed by atoms with Crippen molar-refractivity contribution in [3.63, 3.8) is 0 Å². The Morgan fingerprint density at radius 1 is 1.04 bits per heavy atom. The van der Waals surface area contributed by atoms with Crippen LogP contribution in [0.2, 0.25) is 5.02 Å². The zero-order chi connectivity index (χ0) is 19.0. The van der Waals surface area contributed by atoms with Gasteiger partial charge in [0.25, 0.3) is 10.0 Å². The van der Waals surface area contributed by atoms with E-state index >= 15 is 0 Å². The summed E-state index contributed by atoms with van der Waals surface area (Å²) in [7, 11) is -3.72. The van der Waals surface area contributed by atoms with Crippen molar-refractivity contribution in [1.82, 2.24) is 9.97 Å². The number of rotatable bonds is 4. The van der Waals surface area contributed by atoms with Crippen LogP contribution in [0.25, 0.3) is 20.9 Å². The fourth-order valence-corrected chi connectivity index (χ4v) is 5.13. The van der Waals surface area contributed by atoms with Crippen LogP contribution >= 0.6 is 22.9 Å². The van der Waals surface area contributed by atoms with Crippen LogP contribution in [0.1, 0.15) is 5.56 Å². The zero-order valence-electron chi connectivity index (χ0n) is 14.2. The molecule has 0 saturated heterocycles. The van der Waals surface area contributed by atoms with Crippen LogP contribution in [0.4, 0.5) is 5.69 Å². The SMILES string of the molecule is Cc1c(Cl)cccc1S(=O)(=O)Nc1ccc(-c2nc3cccnc3s2)cc1. The highest BCUT2D eigenvalue weighted by Crippen LogP contribution is 2.30. The normalized spacial score (nSPS) is 11.6. The Bertz CT molecular complexity index is 1200. The number of aromatic nitrogens is 2. The molecule has 0 atom stereocenters. The summed E-state index contributed by atoms with van der Waals surface area (Å²) in [5.41, 5.74) is 2.74. The largest absolute Gasteiger partial charge is 0.280 e. The van der Waals surface area contributed by atoms with E-state index in [0.717, 1.165) is 20.9 Å². The minimum Gasteiger partial charge on any atom is -0.280 e. The van der Waals surface area contributed by atoms with E-state index in [9.17, 15) is 8.42 Å². The van der Waals surface area contributed by atoms with Crippen LogP contribution in [0, 0.1) is 6.92 Å². The first-order valence-electron chi connectivity index (χ1n) is 8.04. The van der Waals surface area contributed by atoms with Gasteiger partial charge in [0.05, 0.1) is 4.90 Å². The molecular formula is C19H14ClN3O2S2. The van der Waals surface area contributed by atoms with Crippen LogP contribution in [0.15, 0.2) is 65.7 Å². The summed E-state index contributed by atoms with van der Waals surface area (Å²) in [5, 5.41) is 1.25. The van der Waals surface area contributed by atoms with Crippen LogP contribution < -0.4 is 4.72 Å². The van der Waals surface area contributed by atoms with Gasteiger partial charge in [-0.3, -0.25) is 4.72 Å². The molecule has 0 unspecified atom stereocenters. The van der Waals surface area contributed by atoms with Gasteiger partial charge in [-0.05, 0) is 61.0 Å². The van der Waals surface area contributed by atoms with Crippen molar-refractivity contribution in [3.05, 3.63) is 71.4 Å². The Morgan fingerprint density at radius 3 is 2.56 bits per heavy atom. The van der Waals surface area contributed by atoms with Crippen LogP contribution in [0.5, 0.6) is 0 Å². The van der Waals surface area contributed by atoms with Gasteiger partial charge in [-0.1, -0.05) is 29.0 Å². The lowest BCUT2D eigenvalue weighted by Crippen LogP contribution is -2.14. The second-order valence-corrected chi connectivity index (χ2v) is 8.93. The van der Waals surface area contributed by atoms with Gasteiger partial charge in [-0.15, -0.1) is 0 Å². The highest BCUT2D eigenvalue weighted by Gasteiger charge is 2.18. The van der Waals surface area contributed by atoms with E-state index in [0.29, 0.717) is 16.3 Å². The lowest BCUT2D eigenvalue weighted by molar-refractivity contribution is 0.600. The first kappa shape index (κ1) is 17.9. The summed E-state index contributed by atoms with van der Waals surface area (Å²) in [6.45, 7) is 1.68. The van der Waals surface area contributed by atoms with Gasteiger partial charge < -0.3 is 0 Å². The lowest BCUT2D eigenvalue weighted by atomic mass is 10.2. The van der Waals surface area contributed by atoms with Crippen molar-refractivity contribution in [2.75, 3.05) is 4.72 Å². The minimum absolute atomic E-state index is 0.163. The summed E-state index contributed by atoms with van der Waals surface area (Å²) < 4.78 is 27.9. The standard InChI is InChI=1S/C19H14ClN3O2S2/c1-12-15(20)4-2-6-17(12)27(24,25)23-14-9-7-13(8-10-14)18-22-16-5-3-11-21-19(16)26-18/h2-11,23H,1H3. The molecule has 0 saturated carbocycles. The van der Waals surface area contributed by atoms with Crippen molar-refractivity contribution in [3.8, 4) is 10.6 Å². The summed E-state index contributed by atoms with van der Waals surface area (Å²) >= 11 is 7.54. The van der Waals surface area contributed by atoms with Crippen LogP contribution in [0.3, 0.4) is 0 Å². The zero-order valence-corrected chi connectivity index (χ0v) is 16.6. The van der Waals surface area contributed by atoms with Crippen molar-refractivity contribution in [2.24, 2.45) is 0 Å². The summed E-state index contributed by atoms with van der Waals surface area (Å²) in [6.07, 6.45) is 1.74. The maximum Gasteiger partial charge on any atom is 0.262 e. The van der Waals surface area contributed by atoms with E-state index in [2.05, 4.69) is 14.7 Å². The number of halogens is 1. The molecule has 1 N–H and O–H groups in total. The molecule has 136 valence electrons. The minimum atomic E-state index is -3.72. The molecule has 4 aromatic rings. The third-order valence-electron chi connectivity index (χ3n) is 4.06. The highest BCUT2D eigenvalue weighted by atomic mass is 35.5. The number of pyridine rings is 1. The molecule has 2 heterocycles. The molecule has 0 fully saturated rings. The second kappa shape index (κ2) is 6.92. The van der Waals surface area contributed by atoms with Gasteiger partial charge >= 0.3 is 0 Å². The fourth-order valence-electron chi connectivity index (χ4n) is 2.66. The lowest BCUT2D eigenvalue weighted by Gasteiger charge is -2.11. The molecular weight excluding hydrogens is 402 g/mol. The molecule has 4 rings (SSSR count). The predicted molar refractivity (Wildman–Crippen MR) is 110 cm³/mol. The number of benzene rings is 2. The molecule has 8 heteroatoms. The van der Waals surface area contributed by atoms with Crippen molar-refractivity contribution in [1.29, 1.82) is 0 Å². The fraction of sp³-hybridized carbons (Fsp3) is 0.0526. The predicted octanol–water partition coefficient (Wildman–Crippen LogP) is 5.12. The number of hydrogen-bond acceptors (Lipinski definition) is 5. The maximum atomic E-state index is 12.7. The molecule has 0 aliphatic carbocycles. The molecule has 27 heavy (non-hydrogen) atoms. The van der Waals surface area contributed by atoms with Crippen LogP contribution in [-0.4, -0.2) is 18.4 Å². The van der Waals surface area contributed by atoms with Gasteiger partial charge in [-0.2, -0.15) is 0 Å². The molecule has 0 amide bonds. The maximum absolute atomic E-state index is 12.7. The number of hydrogen-bond donors (Lipinski definition) is 1. The summed E-state index contributed by atoms with van der Waals surface area (Å²) in [5.74, 6) is 0. The number of fused-ring (bicyclic) bond motifs is 1. The molecule has 2 aromatic carbocycles. The second-order valence-electron chi connectivity index (χ2n) is 5.89. The number of nitrogens with zero attached hydrogens (tertiary/aromatic N) is 2. The molecule has 0 aliphatic heterocycles. The Kier molecular flexibility index (Phi) is 4.59. The number of sulfonamides is 1. The quantitative estimate of drug-likeness (QED) is 0.502. The van der Waals surface area contributed by atoms with E-state index in [1.807, 2.05) is 24.3 Å². The van der Waals surface area contributed by atoms with Gasteiger partial charge in [-0.25, -0.2) is 18.4 Å². The molecule has 0 spiro atoms. The van der Waals surface area contributed by atoms with E-state index < -0.39 is 10.0 Å². The monoisotopic (exact) mass is 415 g/mol. The molecule has 0 bridgehead atoms. The molecule has 5 nitrogen and oxygen atoms in total. The topological polar surface area (TPSA) is 72.0 Å². The van der Waals surface area contributed by atoms with Crippen molar-refractivity contribution < 1.29 is 8.42 Å². The third-order valence-corrected chi connectivity index (χ3v) is 7.02. The smallest absolute Gasteiger partial charge is 0.262 e. The first-order valence-corrected chi connectivity index (χ1v) is 10.7. The van der Waals surface area contributed by atoms with E-state index in [4.69, 9.17) is 11.6 Å². The highest BCUT2D eigenvalue weighted by molar-refractivity contribution is 7.92. The Labute approximate surface area is 165 Å². The average Bonchev–Trinajstić information content (AvgIpc) is 3.08. The first-order chi connectivity index (χ1) is 12.9. The average molecular weight is 416 g/mol. The molecule has 2 aromatic heterocycles. The van der Waals surface area contributed by atoms with E-state index in [1.165, 1.54) is 17.4 Å². The van der Waals surface area contributed by atoms with Gasteiger partial charge in [0.15, 0.2) is 0 Å².